The lowest BCUT2D eigenvalue weighted by Gasteiger charge is -2.36. The zero-order valence-electron chi connectivity index (χ0n) is 16.5. The average Bonchev–Trinajstić information content (AvgIpc) is 3.12. The van der Waals surface area contributed by atoms with E-state index >= 15 is 0 Å². The maximum absolute atomic E-state index is 12.7. The van der Waals surface area contributed by atoms with Crippen molar-refractivity contribution in [3.63, 3.8) is 0 Å². The summed E-state index contributed by atoms with van der Waals surface area (Å²) in [6.07, 6.45) is 1.77. The van der Waals surface area contributed by atoms with Crippen molar-refractivity contribution in [3.8, 4) is 0 Å². The largest absolute Gasteiger partial charge is 0.355 e. The number of aromatic nitrogens is 4. The topological polar surface area (TPSA) is 78.7 Å². The highest BCUT2D eigenvalue weighted by atomic mass is 16.2. The molecule has 146 valence electrons. The van der Waals surface area contributed by atoms with Gasteiger partial charge in [-0.05, 0) is 25.0 Å². The molecule has 2 aromatic heterocycles. The summed E-state index contributed by atoms with van der Waals surface area (Å²) in [5.41, 5.74) is 0.653. The lowest BCUT2D eigenvalue weighted by atomic mass is 9.95. The molecule has 2 aromatic rings. The van der Waals surface area contributed by atoms with Crippen molar-refractivity contribution >= 4 is 17.4 Å². The molecule has 0 saturated carbocycles. The van der Waals surface area contributed by atoms with Gasteiger partial charge in [0.25, 0.3) is 0 Å². The van der Waals surface area contributed by atoms with Crippen LogP contribution >= 0.6 is 0 Å². The number of fused-ring (bicyclic) bond motifs is 1. The van der Waals surface area contributed by atoms with Crippen molar-refractivity contribution in [2.24, 2.45) is 5.92 Å². The third-order valence-corrected chi connectivity index (χ3v) is 5.52. The standard InChI is InChI=1S/C19H29N7O/c1-19(2,3)18-22-21-15-4-5-16(23-26(15)18)24-10-6-14(7-11-24)17(27)25-12-8-20-9-13-25/h4-5,14,20H,6-13H2,1-3H3. The number of anilines is 1. The van der Waals surface area contributed by atoms with Gasteiger partial charge < -0.3 is 15.1 Å². The van der Waals surface area contributed by atoms with Gasteiger partial charge >= 0.3 is 0 Å². The first kappa shape index (κ1) is 18.2. The number of nitrogens with zero attached hydrogens (tertiary/aromatic N) is 6. The van der Waals surface area contributed by atoms with E-state index in [1.807, 2.05) is 21.5 Å². The van der Waals surface area contributed by atoms with E-state index in [1.54, 1.807) is 0 Å². The smallest absolute Gasteiger partial charge is 0.225 e. The van der Waals surface area contributed by atoms with Crippen LogP contribution in [0, 0.1) is 5.92 Å². The molecule has 1 N–H and O–H groups in total. The second kappa shape index (κ2) is 7.07. The van der Waals surface area contributed by atoms with Crippen LogP contribution < -0.4 is 10.2 Å². The number of piperazine rings is 1. The van der Waals surface area contributed by atoms with Gasteiger partial charge in [-0.25, -0.2) is 0 Å². The van der Waals surface area contributed by atoms with E-state index in [-0.39, 0.29) is 11.3 Å². The molecule has 0 unspecified atom stereocenters. The molecule has 8 nitrogen and oxygen atoms in total. The first-order chi connectivity index (χ1) is 12.9. The zero-order valence-corrected chi connectivity index (χ0v) is 16.5. The minimum Gasteiger partial charge on any atom is -0.355 e. The highest BCUT2D eigenvalue weighted by molar-refractivity contribution is 5.79. The maximum Gasteiger partial charge on any atom is 0.225 e. The highest BCUT2D eigenvalue weighted by Crippen LogP contribution is 2.25. The average molecular weight is 371 g/mol. The van der Waals surface area contributed by atoms with E-state index in [0.717, 1.165) is 69.4 Å². The second-order valence-electron chi connectivity index (χ2n) is 8.57. The van der Waals surface area contributed by atoms with E-state index in [4.69, 9.17) is 5.10 Å². The number of hydrogen-bond acceptors (Lipinski definition) is 6. The van der Waals surface area contributed by atoms with Gasteiger partial charge in [-0.15, -0.1) is 15.3 Å². The molecule has 27 heavy (non-hydrogen) atoms. The van der Waals surface area contributed by atoms with E-state index in [2.05, 4.69) is 41.2 Å². The molecule has 2 aliphatic rings. The molecule has 4 heterocycles. The number of amides is 1. The fourth-order valence-corrected chi connectivity index (χ4v) is 3.91. The third-order valence-electron chi connectivity index (χ3n) is 5.52. The van der Waals surface area contributed by atoms with E-state index in [0.29, 0.717) is 5.91 Å². The van der Waals surface area contributed by atoms with Gasteiger partial charge in [-0.1, -0.05) is 20.8 Å². The number of hydrogen-bond donors (Lipinski definition) is 1. The number of piperidine rings is 1. The summed E-state index contributed by atoms with van der Waals surface area (Å²) >= 11 is 0. The minimum absolute atomic E-state index is 0.117. The number of carbonyl (C=O) groups excluding carboxylic acids is 1. The third kappa shape index (κ3) is 3.63. The van der Waals surface area contributed by atoms with Crippen LogP contribution in [0.2, 0.25) is 0 Å². The van der Waals surface area contributed by atoms with Crippen molar-refractivity contribution < 1.29 is 4.79 Å². The minimum atomic E-state index is -0.117. The van der Waals surface area contributed by atoms with Crippen LogP contribution in [0.4, 0.5) is 5.82 Å². The van der Waals surface area contributed by atoms with Crippen LogP contribution in [-0.2, 0) is 10.2 Å². The molecule has 0 radical (unpaired) electrons. The predicted octanol–water partition coefficient (Wildman–Crippen LogP) is 1.07. The normalized spacial score (nSPS) is 19.7. The first-order valence-electron chi connectivity index (χ1n) is 9.91. The Kier molecular flexibility index (Phi) is 4.75. The van der Waals surface area contributed by atoms with Crippen LogP contribution in [0.15, 0.2) is 12.1 Å². The fourth-order valence-electron chi connectivity index (χ4n) is 3.91. The van der Waals surface area contributed by atoms with Crippen molar-refractivity contribution in [3.05, 3.63) is 18.0 Å². The maximum atomic E-state index is 12.7. The molecule has 0 aromatic carbocycles. The second-order valence-corrected chi connectivity index (χ2v) is 8.57. The molecule has 8 heteroatoms. The lowest BCUT2D eigenvalue weighted by molar-refractivity contribution is -0.136. The SMILES string of the molecule is CC(C)(C)c1nnc2ccc(N3CCC(C(=O)N4CCNCC4)CC3)nn12. The summed E-state index contributed by atoms with van der Waals surface area (Å²) in [5, 5.41) is 16.7. The summed E-state index contributed by atoms with van der Waals surface area (Å²) in [4.78, 5) is 17.0. The molecule has 2 saturated heterocycles. The van der Waals surface area contributed by atoms with Gasteiger partial charge in [0.1, 0.15) is 5.82 Å². The number of carbonyl (C=O) groups is 1. The van der Waals surface area contributed by atoms with Gasteiger partial charge in [0.2, 0.25) is 5.91 Å². The number of nitrogens with one attached hydrogen (secondary N) is 1. The molecule has 2 fully saturated rings. The molecule has 1 amide bonds. The Hall–Kier alpha value is -2.22. The van der Waals surface area contributed by atoms with Crippen molar-refractivity contribution in [2.75, 3.05) is 44.2 Å². The fraction of sp³-hybridized carbons (Fsp3) is 0.684. The molecular formula is C19H29N7O. The van der Waals surface area contributed by atoms with Gasteiger partial charge in [-0.3, -0.25) is 4.79 Å². The van der Waals surface area contributed by atoms with Gasteiger partial charge in [0, 0.05) is 50.6 Å². The summed E-state index contributed by atoms with van der Waals surface area (Å²) in [5.74, 6) is 2.26. The van der Waals surface area contributed by atoms with Gasteiger partial charge in [0.05, 0.1) is 0 Å². The van der Waals surface area contributed by atoms with Crippen LogP contribution in [-0.4, -0.2) is 69.9 Å². The molecular weight excluding hydrogens is 342 g/mol. The van der Waals surface area contributed by atoms with Crippen LogP contribution in [0.1, 0.15) is 39.4 Å². The zero-order chi connectivity index (χ0) is 19.0. The molecule has 2 aliphatic heterocycles. The summed E-state index contributed by atoms with van der Waals surface area (Å²) < 4.78 is 1.85. The van der Waals surface area contributed by atoms with E-state index in [1.165, 1.54) is 0 Å². The first-order valence-corrected chi connectivity index (χ1v) is 9.91. The van der Waals surface area contributed by atoms with E-state index in [9.17, 15) is 4.79 Å². The summed E-state index contributed by atoms with van der Waals surface area (Å²) in [6, 6.07) is 3.98. The molecule has 0 aliphatic carbocycles. The Balaban J connectivity index is 1.45. The van der Waals surface area contributed by atoms with Crippen molar-refractivity contribution in [1.82, 2.24) is 30.0 Å². The van der Waals surface area contributed by atoms with Crippen LogP contribution in [0.3, 0.4) is 0 Å². The molecule has 4 rings (SSSR count). The molecule has 0 bridgehead atoms. The Labute approximate surface area is 159 Å². The molecule has 0 spiro atoms. The van der Waals surface area contributed by atoms with Crippen molar-refractivity contribution in [2.45, 2.75) is 39.0 Å². The van der Waals surface area contributed by atoms with Crippen LogP contribution in [0.25, 0.3) is 5.65 Å². The monoisotopic (exact) mass is 371 g/mol. The summed E-state index contributed by atoms with van der Waals surface area (Å²) in [6.45, 7) is 11.5. The van der Waals surface area contributed by atoms with Gasteiger partial charge in [0.15, 0.2) is 11.5 Å². The van der Waals surface area contributed by atoms with Crippen LogP contribution in [0.5, 0.6) is 0 Å². The number of rotatable bonds is 2. The predicted molar refractivity (Wildman–Crippen MR) is 104 cm³/mol. The Morgan fingerprint density at radius 2 is 1.78 bits per heavy atom. The van der Waals surface area contributed by atoms with Crippen molar-refractivity contribution in [1.29, 1.82) is 0 Å². The van der Waals surface area contributed by atoms with E-state index < -0.39 is 0 Å². The quantitative estimate of drug-likeness (QED) is 0.851. The molecule has 0 atom stereocenters. The Morgan fingerprint density at radius 1 is 1.07 bits per heavy atom. The highest BCUT2D eigenvalue weighted by Gasteiger charge is 2.30. The Bertz CT molecular complexity index is 811. The summed E-state index contributed by atoms with van der Waals surface area (Å²) in [7, 11) is 0. The lowest BCUT2D eigenvalue weighted by Crippen LogP contribution is -2.50. The Morgan fingerprint density at radius 3 is 2.44 bits per heavy atom. The van der Waals surface area contributed by atoms with Gasteiger partial charge in [-0.2, -0.15) is 4.52 Å².